The third-order valence-corrected chi connectivity index (χ3v) is 3.73. The number of fused-ring (bicyclic) bond motifs is 1. The topological polar surface area (TPSA) is 137 Å². The molecule has 134 valence electrons. The van der Waals surface area contributed by atoms with Gasteiger partial charge in [0.15, 0.2) is 17.4 Å². The molecular weight excluding hydrogens is 344 g/mol. The first-order chi connectivity index (χ1) is 12.3. The van der Waals surface area contributed by atoms with Gasteiger partial charge in [-0.15, -0.1) is 0 Å². The monoisotopic (exact) mass is 358 g/mol. The second-order valence-electron chi connectivity index (χ2n) is 5.55. The van der Waals surface area contributed by atoms with Gasteiger partial charge in [0.2, 0.25) is 5.75 Å². The van der Waals surface area contributed by atoms with Gasteiger partial charge in [0.25, 0.3) is 0 Å². The Kier molecular flexibility index (Phi) is 4.40. The third-order valence-electron chi connectivity index (χ3n) is 3.73. The summed E-state index contributed by atoms with van der Waals surface area (Å²) >= 11 is 0. The first kappa shape index (κ1) is 17.2. The summed E-state index contributed by atoms with van der Waals surface area (Å²) in [6.07, 6.45) is -1.75. The number of carboxylic acid groups (broad SMARTS) is 1. The van der Waals surface area contributed by atoms with Gasteiger partial charge in [-0.1, -0.05) is 6.07 Å². The number of aromatic hydroxyl groups is 3. The van der Waals surface area contributed by atoms with Crippen molar-refractivity contribution in [3.05, 3.63) is 58.4 Å². The predicted molar refractivity (Wildman–Crippen MR) is 89.7 cm³/mol. The molecule has 1 aromatic heterocycles. The SMILES string of the molecule is O=C(O)C(Cc1ccc(O)cc1O)Oc1c(O)ccc2ccc(=O)oc12. The van der Waals surface area contributed by atoms with Crippen LogP contribution >= 0.6 is 0 Å². The van der Waals surface area contributed by atoms with E-state index in [0.29, 0.717) is 5.39 Å². The minimum absolute atomic E-state index is 0.0846. The van der Waals surface area contributed by atoms with Crippen molar-refractivity contribution in [1.82, 2.24) is 0 Å². The quantitative estimate of drug-likeness (QED) is 0.508. The van der Waals surface area contributed by atoms with Crippen LogP contribution in [0, 0.1) is 0 Å². The Morgan fingerprint density at radius 1 is 1.04 bits per heavy atom. The number of carbonyl (C=O) groups is 1. The van der Waals surface area contributed by atoms with Crippen molar-refractivity contribution in [2.24, 2.45) is 0 Å². The fourth-order valence-electron chi connectivity index (χ4n) is 2.46. The maximum Gasteiger partial charge on any atom is 0.345 e. The summed E-state index contributed by atoms with van der Waals surface area (Å²) < 4.78 is 10.4. The molecule has 26 heavy (non-hydrogen) atoms. The van der Waals surface area contributed by atoms with E-state index in [0.717, 1.165) is 6.07 Å². The lowest BCUT2D eigenvalue weighted by atomic mass is 10.1. The predicted octanol–water partition coefficient (Wildman–Crippen LogP) is 1.98. The average molecular weight is 358 g/mol. The maximum absolute atomic E-state index is 11.6. The molecule has 0 spiro atoms. The first-order valence-electron chi connectivity index (χ1n) is 7.51. The summed E-state index contributed by atoms with van der Waals surface area (Å²) in [7, 11) is 0. The maximum atomic E-state index is 11.6. The molecule has 0 amide bonds. The van der Waals surface area contributed by atoms with E-state index in [-0.39, 0.29) is 34.8 Å². The lowest BCUT2D eigenvalue weighted by molar-refractivity contribution is -0.145. The first-order valence-corrected chi connectivity index (χ1v) is 7.51. The second-order valence-corrected chi connectivity index (χ2v) is 5.55. The highest BCUT2D eigenvalue weighted by Crippen LogP contribution is 2.35. The van der Waals surface area contributed by atoms with Gasteiger partial charge in [-0.05, 0) is 29.8 Å². The summed E-state index contributed by atoms with van der Waals surface area (Å²) in [5.41, 5.74) is -0.550. The van der Waals surface area contributed by atoms with Gasteiger partial charge in [-0.3, -0.25) is 0 Å². The molecular formula is C18H14O8. The summed E-state index contributed by atoms with van der Waals surface area (Å²) in [5.74, 6) is -2.51. The molecule has 3 rings (SSSR count). The Morgan fingerprint density at radius 3 is 2.46 bits per heavy atom. The van der Waals surface area contributed by atoms with E-state index in [1.54, 1.807) is 0 Å². The van der Waals surface area contributed by atoms with Crippen molar-refractivity contribution < 1.29 is 34.4 Å². The van der Waals surface area contributed by atoms with E-state index in [9.17, 15) is 30.0 Å². The minimum atomic E-state index is -1.49. The van der Waals surface area contributed by atoms with Gasteiger partial charge < -0.3 is 29.6 Å². The van der Waals surface area contributed by atoms with Gasteiger partial charge >= 0.3 is 11.6 Å². The smallest absolute Gasteiger partial charge is 0.345 e. The van der Waals surface area contributed by atoms with Crippen LogP contribution in [0.2, 0.25) is 0 Å². The molecule has 8 heteroatoms. The number of benzene rings is 2. The van der Waals surface area contributed by atoms with Crippen molar-refractivity contribution in [2.75, 3.05) is 0 Å². The van der Waals surface area contributed by atoms with E-state index in [2.05, 4.69) is 0 Å². The molecule has 0 aliphatic carbocycles. The Bertz CT molecular complexity index is 1040. The fraction of sp³-hybridized carbons (Fsp3) is 0.111. The largest absolute Gasteiger partial charge is 0.508 e. The van der Waals surface area contributed by atoms with Crippen LogP contribution in [0.1, 0.15) is 5.56 Å². The molecule has 8 nitrogen and oxygen atoms in total. The van der Waals surface area contributed by atoms with E-state index in [1.165, 1.54) is 36.4 Å². The minimum Gasteiger partial charge on any atom is -0.508 e. The molecule has 0 fully saturated rings. The number of ether oxygens (including phenoxy) is 1. The van der Waals surface area contributed by atoms with Crippen LogP contribution in [0.5, 0.6) is 23.0 Å². The van der Waals surface area contributed by atoms with E-state index in [4.69, 9.17) is 9.15 Å². The lowest BCUT2D eigenvalue weighted by Gasteiger charge is -2.17. The lowest BCUT2D eigenvalue weighted by Crippen LogP contribution is -2.29. The van der Waals surface area contributed by atoms with Crippen molar-refractivity contribution in [2.45, 2.75) is 12.5 Å². The summed E-state index contributed by atoms with van der Waals surface area (Å²) in [6, 6.07) is 9.14. The molecule has 1 atom stereocenters. The van der Waals surface area contributed by atoms with Crippen molar-refractivity contribution in [3.63, 3.8) is 0 Å². The molecule has 0 aliphatic heterocycles. The van der Waals surface area contributed by atoms with Crippen molar-refractivity contribution >= 4 is 16.9 Å². The van der Waals surface area contributed by atoms with Gasteiger partial charge in [0.05, 0.1) is 0 Å². The Morgan fingerprint density at radius 2 is 1.77 bits per heavy atom. The zero-order chi connectivity index (χ0) is 18.8. The van der Waals surface area contributed by atoms with E-state index < -0.39 is 23.4 Å². The molecule has 0 aliphatic rings. The standard InChI is InChI=1S/C18H14O8/c19-11-4-1-10(13(21)8-11)7-14(18(23)24)25-17-12(20)5-2-9-3-6-15(22)26-16(9)17/h1-6,8,14,19-21H,7H2,(H,23,24). The molecule has 0 saturated carbocycles. The molecule has 2 aromatic carbocycles. The highest BCUT2D eigenvalue weighted by Gasteiger charge is 2.25. The molecule has 1 unspecified atom stereocenters. The van der Waals surface area contributed by atoms with Crippen molar-refractivity contribution in [1.29, 1.82) is 0 Å². The highest BCUT2D eigenvalue weighted by atomic mass is 16.5. The number of carboxylic acids is 1. The molecule has 4 N–H and O–H groups in total. The Labute approximate surface area is 146 Å². The molecule has 0 bridgehead atoms. The average Bonchev–Trinajstić information content (AvgIpc) is 2.58. The van der Waals surface area contributed by atoms with E-state index in [1.807, 2.05) is 0 Å². The van der Waals surface area contributed by atoms with Crippen LogP contribution in [0.15, 0.2) is 51.7 Å². The second kappa shape index (κ2) is 6.67. The van der Waals surface area contributed by atoms with Crippen LogP contribution in [-0.2, 0) is 11.2 Å². The number of rotatable bonds is 5. The molecule has 3 aromatic rings. The van der Waals surface area contributed by atoms with Gasteiger partial charge in [0.1, 0.15) is 11.5 Å². The van der Waals surface area contributed by atoms with Crippen LogP contribution in [0.25, 0.3) is 11.0 Å². The van der Waals surface area contributed by atoms with Crippen LogP contribution in [0.3, 0.4) is 0 Å². The summed E-state index contributed by atoms with van der Waals surface area (Å²) in [4.78, 5) is 23.0. The molecule has 1 heterocycles. The van der Waals surface area contributed by atoms with Crippen LogP contribution < -0.4 is 10.4 Å². The normalized spacial score (nSPS) is 12.0. The van der Waals surface area contributed by atoms with Gasteiger partial charge in [0, 0.05) is 23.9 Å². The third kappa shape index (κ3) is 3.39. The summed E-state index contributed by atoms with van der Waals surface area (Å²) in [5, 5.41) is 39.0. The highest BCUT2D eigenvalue weighted by molar-refractivity contribution is 5.85. The number of hydrogen-bond acceptors (Lipinski definition) is 7. The fourth-order valence-corrected chi connectivity index (χ4v) is 2.46. The number of aliphatic carboxylic acids is 1. The van der Waals surface area contributed by atoms with Crippen molar-refractivity contribution in [3.8, 4) is 23.0 Å². The zero-order valence-corrected chi connectivity index (χ0v) is 13.2. The molecule has 0 saturated heterocycles. The van der Waals surface area contributed by atoms with Gasteiger partial charge in [-0.25, -0.2) is 9.59 Å². The number of phenols is 3. The van der Waals surface area contributed by atoms with Crippen LogP contribution in [0.4, 0.5) is 0 Å². The Balaban J connectivity index is 2.00. The van der Waals surface area contributed by atoms with E-state index >= 15 is 0 Å². The number of phenolic OH excluding ortho intramolecular Hbond substituents is 3. The molecule has 0 radical (unpaired) electrons. The van der Waals surface area contributed by atoms with Crippen LogP contribution in [-0.4, -0.2) is 32.5 Å². The van der Waals surface area contributed by atoms with Gasteiger partial charge in [-0.2, -0.15) is 0 Å². The Hall–Kier alpha value is -3.68. The zero-order valence-electron chi connectivity index (χ0n) is 13.2. The summed E-state index contributed by atoms with van der Waals surface area (Å²) in [6.45, 7) is 0. The number of hydrogen-bond donors (Lipinski definition) is 4.